The zero-order chi connectivity index (χ0) is 13.7. The van der Waals surface area contributed by atoms with Crippen molar-refractivity contribution < 1.29 is 14.0 Å². The Kier molecular flexibility index (Phi) is 4.90. The summed E-state index contributed by atoms with van der Waals surface area (Å²) in [6.07, 6.45) is 2.40. The highest BCUT2D eigenvalue weighted by molar-refractivity contribution is 5.01. The molecule has 1 N–H and O–H groups in total. The molecule has 2 rings (SSSR count). The Morgan fingerprint density at radius 1 is 1.42 bits per heavy atom. The predicted molar refractivity (Wildman–Crippen MR) is 69.9 cm³/mol. The molecule has 1 fully saturated rings. The molecule has 1 unspecified atom stereocenters. The average Bonchev–Trinajstić information content (AvgIpc) is 2.92. The summed E-state index contributed by atoms with van der Waals surface area (Å²) in [5, 5.41) is 7.37. The van der Waals surface area contributed by atoms with Crippen LogP contribution < -0.4 is 5.32 Å². The van der Waals surface area contributed by atoms with Crippen molar-refractivity contribution in [3.8, 4) is 0 Å². The van der Waals surface area contributed by atoms with Crippen LogP contribution in [-0.4, -0.2) is 43.1 Å². The molecule has 0 aromatic carbocycles. The topological polar surface area (TPSA) is 69.4 Å². The van der Waals surface area contributed by atoms with E-state index in [9.17, 15) is 0 Å². The van der Waals surface area contributed by atoms with E-state index in [0.717, 1.165) is 32.5 Å². The lowest BCUT2D eigenvalue weighted by atomic mass is 9.96. The first-order chi connectivity index (χ1) is 9.24. The molecular formula is C13H23N3O3. The van der Waals surface area contributed by atoms with E-state index >= 15 is 0 Å². The van der Waals surface area contributed by atoms with Crippen LogP contribution in [-0.2, 0) is 21.5 Å². The van der Waals surface area contributed by atoms with E-state index < -0.39 is 5.60 Å². The lowest BCUT2D eigenvalue weighted by molar-refractivity contribution is -0.0306. The number of nitrogens with one attached hydrogen (secondary N) is 1. The maximum Gasteiger partial charge on any atom is 0.229 e. The fourth-order valence-corrected chi connectivity index (χ4v) is 2.41. The predicted octanol–water partition coefficient (Wildman–Crippen LogP) is 1.26. The highest BCUT2D eigenvalue weighted by Gasteiger charge is 2.34. The molecule has 1 aliphatic rings. The van der Waals surface area contributed by atoms with Crippen molar-refractivity contribution in [1.82, 2.24) is 15.5 Å². The Bertz CT molecular complexity index is 376. The number of methoxy groups -OCH3 is 1. The minimum Gasteiger partial charge on any atom is -0.375 e. The van der Waals surface area contributed by atoms with E-state index in [-0.39, 0.29) is 6.10 Å². The van der Waals surface area contributed by atoms with Crippen LogP contribution in [0.2, 0.25) is 0 Å². The number of ether oxygens (including phenoxy) is 2. The van der Waals surface area contributed by atoms with Crippen molar-refractivity contribution in [2.24, 2.45) is 0 Å². The van der Waals surface area contributed by atoms with Crippen molar-refractivity contribution >= 4 is 0 Å². The standard InChI is InChI=1S/C13H23N3O3/c1-4-13(5-2,17-3)12-15-11(19-16-12)8-10-9-14-6-7-18-10/h10,14H,4-9H2,1-3H3. The van der Waals surface area contributed by atoms with Gasteiger partial charge in [-0.2, -0.15) is 4.98 Å². The van der Waals surface area contributed by atoms with Gasteiger partial charge in [-0.05, 0) is 12.8 Å². The highest BCUT2D eigenvalue weighted by Crippen LogP contribution is 2.30. The number of hydrogen-bond donors (Lipinski definition) is 1. The van der Waals surface area contributed by atoms with Crippen LogP contribution in [0.5, 0.6) is 0 Å². The smallest absolute Gasteiger partial charge is 0.229 e. The first-order valence-corrected chi connectivity index (χ1v) is 6.94. The molecule has 0 radical (unpaired) electrons. The lowest BCUT2D eigenvalue weighted by Crippen LogP contribution is -2.39. The summed E-state index contributed by atoms with van der Waals surface area (Å²) in [6, 6.07) is 0. The van der Waals surface area contributed by atoms with Gasteiger partial charge in [0.05, 0.1) is 19.1 Å². The van der Waals surface area contributed by atoms with Gasteiger partial charge < -0.3 is 19.3 Å². The van der Waals surface area contributed by atoms with Gasteiger partial charge in [0.15, 0.2) is 0 Å². The molecule has 0 saturated carbocycles. The third-order valence-electron chi connectivity index (χ3n) is 3.82. The highest BCUT2D eigenvalue weighted by atomic mass is 16.5. The molecule has 6 heteroatoms. The quantitative estimate of drug-likeness (QED) is 0.838. The molecule has 1 saturated heterocycles. The molecular weight excluding hydrogens is 246 g/mol. The molecule has 1 aromatic rings. The summed E-state index contributed by atoms with van der Waals surface area (Å²) >= 11 is 0. The molecule has 0 aliphatic carbocycles. The van der Waals surface area contributed by atoms with Crippen LogP contribution >= 0.6 is 0 Å². The van der Waals surface area contributed by atoms with Crippen LogP contribution in [0.15, 0.2) is 4.52 Å². The SMILES string of the molecule is CCC(CC)(OC)c1noc(CC2CNCCO2)n1. The van der Waals surface area contributed by atoms with Gasteiger partial charge in [-0.3, -0.25) is 0 Å². The number of aromatic nitrogens is 2. The van der Waals surface area contributed by atoms with Crippen LogP contribution in [0.25, 0.3) is 0 Å². The third kappa shape index (κ3) is 3.13. The molecule has 19 heavy (non-hydrogen) atoms. The number of hydrogen-bond acceptors (Lipinski definition) is 6. The summed E-state index contributed by atoms with van der Waals surface area (Å²) in [7, 11) is 1.69. The van der Waals surface area contributed by atoms with Crippen molar-refractivity contribution in [1.29, 1.82) is 0 Å². The summed E-state index contributed by atoms with van der Waals surface area (Å²) in [4.78, 5) is 4.48. The zero-order valence-corrected chi connectivity index (χ0v) is 11.9. The first-order valence-electron chi connectivity index (χ1n) is 6.94. The van der Waals surface area contributed by atoms with E-state index in [1.807, 2.05) is 0 Å². The number of rotatable bonds is 6. The van der Waals surface area contributed by atoms with Crippen LogP contribution in [0.3, 0.4) is 0 Å². The van der Waals surface area contributed by atoms with Crippen LogP contribution in [0.4, 0.5) is 0 Å². The van der Waals surface area contributed by atoms with Gasteiger partial charge in [0.1, 0.15) is 5.60 Å². The van der Waals surface area contributed by atoms with E-state index in [0.29, 0.717) is 18.1 Å². The molecule has 1 aliphatic heterocycles. The Balaban J connectivity index is 2.05. The van der Waals surface area contributed by atoms with Gasteiger partial charge in [0, 0.05) is 20.2 Å². The summed E-state index contributed by atoms with van der Waals surface area (Å²) in [6.45, 7) is 6.60. The van der Waals surface area contributed by atoms with Gasteiger partial charge in [-0.1, -0.05) is 19.0 Å². The van der Waals surface area contributed by atoms with Gasteiger partial charge in [-0.15, -0.1) is 0 Å². The fourth-order valence-electron chi connectivity index (χ4n) is 2.41. The molecule has 1 aromatic heterocycles. The van der Waals surface area contributed by atoms with E-state index in [2.05, 4.69) is 29.3 Å². The molecule has 0 amide bonds. The Labute approximate surface area is 113 Å². The maximum absolute atomic E-state index is 5.63. The van der Waals surface area contributed by atoms with Gasteiger partial charge >= 0.3 is 0 Å². The average molecular weight is 269 g/mol. The number of nitrogens with zero attached hydrogens (tertiary/aromatic N) is 2. The van der Waals surface area contributed by atoms with Gasteiger partial charge in [0.2, 0.25) is 11.7 Å². The largest absolute Gasteiger partial charge is 0.375 e. The zero-order valence-electron chi connectivity index (χ0n) is 11.9. The van der Waals surface area contributed by atoms with Crippen LogP contribution in [0.1, 0.15) is 38.4 Å². The molecule has 0 spiro atoms. The normalized spacial score (nSPS) is 20.7. The molecule has 6 nitrogen and oxygen atoms in total. The maximum atomic E-state index is 5.63. The van der Waals surface area contributed by atoms with Crippen molar-refractivity contribution in [3.63, 3.8) is 0 Å². The van der Waals surface area contributed by atoms with E-state index in [1.54, 1.807) is 7.11 Å². The van der Waals surface area contributed by atoms with E-state index in [1.165, 1.54) is 0 Å². The second-order valence-electron chi connectivity index (χ2n) is 4.82. The second kappa shape index (κ2) is 6.45. The minimum atomic E-state index is -0.437. The van der Waals surface area contributed by atoms with E-state index in [4.69, 9.17) is 14.0 Å². The second-order valence-corrected chi connectivity index (χ2v) is 4.82. The molecule has 108 valence electrons. The molecule has 1 atom stereocenters. The summed E-state index contributed by atoms with van der Waals surface area (Å²) in [5.41, 5.74) is -0.437. The fraction of sp³-hybridized carbons (Fsp3) is 0.846. The number of morpholine rings is 1. The Hall–Kier alpha value is -0.980. The van der Waals surface area contributed by atoms with Gasteiger partial charge in [0.25, 0.3) is 0 Å². The molecule has 0 bridgehead atoms. The minimum absolute atomic E-state index is 0.113. The third-order valence-corrected chi connectivity index (χ3v) is 3.82. The van der Waals surface area contributed by atoms with Crippen molar-refractivity contribution in [2.45, 2.75) is 44.8 Å². The van der Waals surface area contributed by atoms with Crippen LogP contribution in [0, 0.1) is 0 Å². The Morgan fingerprint density at radius 2 is 2.21 bits per heavy atom. The van der Waals surface area contributed by atoms with Gasteiger partial charge in [-0.25, -0.2) is 0 Å². The summed E-state index contributed by atoms with van der Waals surface area (Å²) in [5.74, 6) is 1.26. The van der Waals surface area contributed by atoms with Crippen molar-refractivity contribution in [2.75, 3.05) is 26.8 Å². The molecule has 2 heterocycles. The monoisotopic (exact) mass is 269 g/mol. The van der Waals surface area contributed by atoms with Crippen molar-refractivity contribution in [3.05, 3.63) is 11.7 Å². The lowest BCUT2D eigenvalue weighted by Gasteiger charge is -2.26. The Morgan fingerprint density at radius 3 is 2.79 bits per heavy atom. The first kappa shape index (κ1) is 14.4. The summed E-state index contributed by atoms with van der Waals surface area (Å²) < 4.78 is 16.6.